The minimum Gasteiger partial charge on any atom is -0.292 e. The third-order valence-electron chi connectivity index (χ3n) is 7.89. The first-order valence-corrected chi connectivity index (χ1v) is 11.1. The highest BCUT2D eigenvalue weighted by atomic mass is 16.2. The van der Waals surface area contributed by atoms with Crippen LogP contribution in [-0.4, -0.2) is 40.5 Å². The van der Waals surface area contributed by atoms with Crippen LogP contribution in [0.5, 0.6) is 0 Å². The summed E-state index contributed by atoms with van der Waals surface area (Å²) in [5.74, 6) is 2.67. The second-order valence-corrected chi connectivity index (χ2v) is 9.86. The number of hydrogen-bond acceptors (Lipinski definition) is 3. The van der Waals surface area contributed by atoms with Crippen LogP contribution in [0.3, 0.4) is 0 Å². The first kappa shape index (κ1) is 16.9. The summed E-state index contributed by atoms with van der Waals surface area (Å²) in [5, 5.41) is 0. The van der Waals surface area contributed by atoms with Gasteiger partial charge in [0.05, 0.1) is 23.2 Å². The molecular formula is C22H33N3O. The molecule has 4 unspecified atom stereocenters. The molecule has 4 fully saturated rings. The van der Waals surface area contributed by atoms with Crippen molar-refractivity contribution in [1.29, 1.82) is 0 Å². The summed E-state index contributed by atoms with van der Waals surface area (Å²) < 4.78 is 0. The second-order valence-electron chi connectivity index (χ2n) is 9.86. The molecular weight excluding hydrogens is 322 g/mol. The van der Waals surface area contributed by atoms with E-state index in [9.17, 15) is 4.79 Å². The molecule has 0 aromatic heterocycles. The molecule has 0 aromatic rings. The van der Waals surface area contributed by atoms with Crippen molar-refractivity contribution in [1.82, 2.24) is 4.90 Å². The Labute approximate surface area is 157 Å². The summed E-state index contributed by atoms with van der Waals surface area (Å²) in [6, 6.07) is 1.14. The van der Waals surface area contributed by atoms with Crippen molar-refractivity contribution in [3.8, 4) is 0 Å². The lowest BCUT2D eigenvalue weighted by molar-refractivity contribution is -0.133. The minimum atomic E-state index is -0.503. The van der Waals surface area contributed by atoms with Crippen LogP contribution >= 0.6 is 0 Å². The van der Waals surface area contributed by atoms with Crippen LogP contribution in [0.4, 0.5) is 0 Å². The quantitative estimate of drug-likeness (QED) is 0.688. The van der Waals surface area contributed by atoms with Crippen LogP contribution in [0.1, 0.15) is 84.5 Å². The average Bonchev–Trinajstić information content (AvgIpc) is 2.77. The van der Waals surface area contributed by atoms with E-state index in [1.165, 1.54) is 57.8 Å². The Balaban J connectivity index is 1.59. The average molecular weight is 356 g/mol. The van der Waals surface area contributed by atoms with Crippen LogP contribution in [0.2, 0.25) is 0 Å². The van der Waals surface area contributed by atoms with Crippen molar-refractivity contribution in [2.24, 2.45) is 27.2 Å². The number of likely N-dealkylation sites (tertiary alicyclic amines) is 1. The molecule has 0 aromatic carbocycles. The smallest absolute Gasteiger partial charge is 0.240 e. The Hall–Kier alpha value is -1.19. The molecule has 5 aliphatic rings. The monoisotopic (exact) mass is 355 g/mol. The van der Waals surface area contributed by atoms with Crippen LogP contribution in [0, 0.1) is 17.3 Å². The summed E-state index contributed by atoms with van der Waals surface area (Å²) in [7, 11) is 0. The zero-order valence-corrected chi connectivity index (χ0v) is 16.4. The van der Waals surface area contributed by atoms with Crippen molar-refractivity contribution < 1.29 is 4.79 Å². The number of hydrogen-bond donors (Lipinski definition) is 0. The largest absolute Gasteiger partial charge is 0.292 e. The number of carbonyl (C=O) groups is 1. The number of fused-ring (bicyclic) bond motifs is 1. The van der Waals surface area contributed by atoms with Crippen molar-refractivity contribution in [2.75, 3.05) is 0 Å². The zero-order chi connectivity index (χ0) is 17.9. The topological polar surface area (TPSA) is 45.0 Å². The predicted octanol–water partition coefficient (Wildman–Crippen LogP) is 4.38. The van der Waals surface area contributed by atoms with E-state index in [4.69, 9.17) is 9.98 Å². The van der Waals surface area contributed by atoms with Gasteiger partial charge in [-0.15, -0.1) is 0 Å². The van der Waals surface area contributed by atoms with E-state index in [2.05, 4.69) is 18.7 Å². The molecule has 4 nitrogen and oxygen atoms in total. The van der Waals surface area contributed by atoms with E-state index in [0.29, 0.717) is 24.0 Å². The fourth-order valence-corrected chi connectivity index (χ4v) is 6.51. The molecule has 4 atom stereocenters. The van der Waals surface area contributed by atoms with Gasteiger partial charge in [0, 0.05) is 12.0 Å². The van der Waals surface area contributed by atoms with Gasteiger partial charge in [-0.2, -0.15) is 0 Å². The molecule has 3 aliphatic carbocycles. The molecule has 4 heteroatoms. The van der Waals surface area contributed by atoms with Crippen LogP contribution < -0.4 is 0 Å². The number of carbonyl (C=O) groups excluding carboxylic acids is 1. The number of nitrogens with zero attached hydrogens (tertiary/aromatic N) is 3. The Morgan fingerprint density at radius 1 is 0.846 bits per heavy atom. The Kier molecular flexibility index (Phi) is 4.02. The van der Waals surface area contributed by atoms with Gasteiger partial charge in [-0.25, -0.2) is 0 Å². The molecule has 3 saturated carbocycles. The zero-order valence-electron chi connectivity index (χ0n) is 16.4. The van der Waals surface area contributed by atoms with Gasteiger partial charge in [0.2, 0.25) is 5.91 Å². The Bertz CT molecular complexity index is 656. The number of amidine groups is 1. The van der Waals surface area contributed by atoms with Gasteiger partial charge in [-0.3, -0.25) is 19.7 Å². The maximum absolute atomic E-state index is 13.4. The molecule has 26 heavy (non-hydrogen) atoms. The van der Waals surface area contributed by atoms with Crippen molar-refractivity contribution >= 4 is 17.5 Å². The summed E-state index contributed by atoms with van der Waals surface area (Å²) >= 11 is 0. The van der Waals surface area contributed by atoms with Crippen molar-refractivity contribution in [3.05, 3.63) is 0 Å². The van der Waals surface area contributed by atoms with Gasteiger partial charge < -0.3 is 0 Å². The highest BCUT2D eigenvalue weighted by Crippen LogP contribution is 2.47. The Morgan fingerprint density at radius 2 is 1.50 bits per heavy atom. The minimum absolute atomic E-state index is 0.253. The third kappa shape index (κ3) is 2.43. The molecule has 2 aliphatic heterocycles. The van der Waals surface area contributed by atoms with E-state index in [1.54, 1.807) is 0 Å². The van der Waals surface area contributed by atoms with E-state index >= 15 is 0 Å². The second kappa shape index (κ2) is 6.17. The van der Waals surface area contributed by atoms with E-state index in [0.717, 1.165) is 30.3 Å². The van der Waals surface area contributed by atoms with E-state index in [-0.39, 0.29) is 5.91 Å². The molecule has 0 bridgehead atoms. The van der Waals surface area contributed by atoms with E-state index < -0.39 is 5.41 Å². The summed E-state index contributed by atoms with van der Waals surface area (Å²) in [4.78, 5) is 26.2. The summed E-state index contributed by atoms with van der Waals surface area (Å²) in [6.45, 7) is 4.17. The number of aliphatic imine (C=N–C) groups is 2. The van der Waals surface area contributed by atoms with Crippen molar-refractivity contribution in [2.45, 2.75) is 103 Å². The lowest BCUT2D eigenvalue weighted by atomic mass is 9.66. The highest BCUT2D eigenvalue weighted by molar-refractivity contribution is 6.53. The van der Waals surface area contributed by atoms with Crippen LogP contribution in [0.25, 0.3) is 0 Å². The van der Waals surface area contributed by atoms with Crippen LogP contribution in [0.15, 0.2) is 9.98 Å². The summed E-state index contributed by atoms with van der Waals surface area (Å²) in [5.41, 5.74) is 0.518. The van der Waals surface area contributed by atoms with Crippen molar-refractivity contribution in [3.63, 3.8) is 0 Å². The maximum atomic E-state index is 13.4. The van der Waals surface area contributed by atoms with Gasteiger partial charge in [-0.05, 0) is 58.3 Å². The van der Waals surface area contributed by atoms with Gasteiger partial charge in [0.1, 0.15) is 0 Å². The standard InChI is InChI=1S/C22H33N3O/c1-22(2)19-20(25(21(22)26)15-10-4-3-5-11-15)24-17-13-7-9-14-8-6-12-16(23-19)18(14)17/h14-18H,3-13H2,1-2H3. The van der Waals surface area contributed by atoms with Gasteiger partial charge in [-0.1, -0.05) is 32.1 Å². The lowest BCUT2D eigenvalue weighted by Crippen LogP contribution is -2.44. The van der Waals surface area contributed by atoms with Gasteiger partial charge in [0.15, 0.2) is 5.84 Å². The molecule has 5 rings (SSSR count). The fraction of sp³-hybridized carbons (Fsp3) is 0.864. The number of amides is 1. The first-order chi connectivity index (χ1) is 12.6. The van der Waals surface area contributed by atoms with Gasteiger partial charge >= 0.3 is 0 Å². The maximum Gasteiger partial charge on any atom is 0.240 e. The molecule has 0 N–H and O–H groups in total. The number of rotatable bonds is 1. The fourth-order valence-electron chi connectivity index (χ4n) is 6.51. The van der Waals surface area contributed by atoms with E-state index in [1.807, 2.05) is 0 Å². The molecule has 142 valence electrons. The molecule has 2 heterocycles. The molecule has 0 spiro atoms. The van der Waals surface area contributed by atoms with Gasteiger partial charge in [0.25, 0.3) is 0 Å². The normalized spacial score (nSPS) is 39.6. The predicted molar refractivity (Wildman–Crippen MR) is 105 cm³/mol. The molecule has 0 radical (unpaired) electrons. The molecule has 1 saturated heterocycles. The molecule has 1 amide bonds. The summed E-state index contributed by atoms with van der Waals surface area (Å²) in [6.07, 6.45) is 13.8. The lowest BCUT2D eigenvalue weighted by Gasteiger charge is -2.42. The SMILES string of the molecule is CC1(C)C(=O)N(C2CCCCC2)C2=NC3CCCC4CCCC(N=C21)C43. The highest BCUT2D eigenvalue weighted by Gasteiger charge is 2.54. The Morgan fingerprint density at radius 3 is 2.19 bits per heavy atom. The third-order valence-corrected chi connectivity index (χ3v) is 7.89. The first-order valence-electron chi connectivity index (χ1n) is 11.1. The van der Waals surface area contributed by atoms with Crippen LogP contribution in [-0.2, 0) is 4.79 Å².